The summed E-state index contributed by atoms with van der Waals surface area (Å²) < 4.78 is 9.81. The van der Waals surface area contributed by atoms with Crippen LogP contribution in [0.2, 0.25) is 0 Å². The molecule has 1 saturated heterocycles. The van der Waals surface area contributed by atoms with Crippen molar-refractivity contribution in [2.45, 2.75) is 44.6 Å². The molecule has 18 heavy (non-hydrogen) atoms. The summed E-state index contributed by atoms with van der Waals surface area (Å²) in [4.78, 5) is 4.57. The average molecular weight is 270 g/mol. The van der Waals surface area contributed by atoms with Crippen LogP contribution in [-0.4, -0.2) is 34.7 Å². The minimum absolute atomic E-state index is 0.0119. The van der Waals surface area contributed by atoms with Crippen LogP contribution in [0, 0.1) is 0 Å². The number of anilines is 1. The van der Waals surface area contributed by atoms with E-state index >= 15 is 0 Å². The van der Waals surface area contributed by atoms with E-state index in [1.165, 1.54) is 11.5 Å². The third kappa shape index (κ3) is 2.99. The second kappa shape index (κ2) is 5.11. The van der Waals surface area contributed by atoms with E-state index in [1.807, 2.05) is 0 Å². The van der Waals surface area contributed by atoms with Gasteiger partial charge in [0.25, 0.3) is 0 Å². The van der Waals surface area contributed by atoms with Crippen LogP contribution in [-0.2, 0) is 10.2 Å². The van der Waals surface area contributed by atoms with Gasteiger partial charge in [0.1, 0.15) is 5.82 Å². The minimum Gasteiger partial charge on any atom is -0.381 e. The van der Waals surface area contributed by atoms with E-state index in [0.29, 0.717) is 6.54 Å². The molecule has 1 aromatic heterocycles. The van der Waals surface area contributed by atoms with Crippen molar-refractivity contribution in [3.05, 3.63) is 5.82 Å². The van der Waals surface area contributed by atoms with Crippen LogP contribution in [0.5, 0.6) is 0 Å². The molecule has 0 aliphatic carbocycles. The minimum atomic E-state index is -0.0765. The van der Waals surface area contributed by atoms with E-state index < -0.39 is 0 Å². The van der Waals surface area contributed by atoms with Crippen LogP contribution in [0.4, 0.5) is 5.13 Å². The second-order valence-electron chi connectivity index (χ2n) is 5.89. The summed E-state index contributed by atoms with van der Waals surface area (Å²) in [7, 11) is 0. The summed E-state index contributed by atoms with van der Waals surface area (Å²) >= 11 is 1.42. The normalized spacial score (nSPS) is 19.8. The van der Waals surface area contributed by atoms with Crippen LogP contribution < -0.4 is 11.1 Å². The molecule has 6 heteroatoms. The zero-order chi connectivity index (χ0) is 13.2. The molecular formula is C12H22N4OS. The zero-order valence-corrected chi connectivity index (χ0v) is 12.1. The predicted molar refractivity (Wildman–Crippen MR) is 74.1 cm³/mol. The summed E-state index contributed by atoms with van der Waals surface area (Å²) in [5.41, 5.74) is 5.83. The molecule has 1 aliphatic heterocycles. The van der Waals surface area contributed by atoms with Crippen molar-refractivity contribution in [3.63, 3.8) is 0 Å². The molecular weight excluding hydrogens is 248 g/mol. The molecule has 1 aromatic rings. The molecule has 102 valence electrons. The molecule has 0 amide bonds. The van der Waals surface area contributed by atoms with Crippen molar-refractivity contribution < 1.29 is 4.74 Å². The number of hydrogen-bond donors (Lipinski definition) is 2. The standard InChI is InChI=1S/C12H22N4OS/c1-11(2,3)9-14-10(18-16-9)15-12(8-13)4-6-17-7-5-12/h4-8,13H2,1-3H3,(H,14,15,16). The van der Waals surface area contributed by atoms with Gasteiger partial charge in [0, 0.05) is 36.7 Å². The van der Waals surface area contributed by atoms with Crippen LogP contribution in [0.15, 0.2) is 0 Å². The molecule has 0 aromatic carbocycles. The number of nitrogens with one attached hydrogen (secondary N) is 1. The molecule has 1 fully saturated rings. The molecule has 0 spiro atoms. The lowest BCUT2D eigenvalue weighted by Crippen LogP contribution is -2.49. The number of nitrogens with two attached hydrogens (primary N) is 1. The molecule has 2 heterocycles. The fourth-order valence-electron chi connectivity index (χ4n) is 1.95. The molecule has 5 nitrogen and oxygen atoms in total. The SMILES string of the molecule is CC(C)(C)c1nsc(NC2(CN)CCOCC2)n1. The molecule has 3 N–H and O–H groups in total. The van der Waals surface area contributed by atoms with Crippen LogP contribution in [0.1, 0.15) is 39.4 Å². The van der Waals surface area contributed by atoms with Crippen molar-refractivity contribution in [1.29, 1.82) is 0 Å². The van der Waals surface area contributed by atoms with E-state index in [1.54, 1.807) is 0 Å². The summed E-state index contributed by atoms with van der Waals surface area (Å²) in [5.74, 6) is 0.884. The van der Waals surface area contributed by atoms with Gasteiger partial charge in [-0.3, -0.25) is 0 Å². The average Bonchev–Trinajstić information content (AvgIpc) is 2.78. The first-order chi connectivity index (χ1) is 8.45. The second-order valence-corrected chi connectivity index (χ2v) is 6.65. The van der Waals surface area contributed by atoms with Crippen molar-refractivity contribution >= 4 is 16.7 Å². The maximum absolute atomic E-state index is 5.92. The monoisotopic (exact) mass is 270 g/mol. The van der Waals surface area contributed by atoms with Crippen molar-refractivity contribution in [2.75, 3.05) is 25.1 Å². The highest BCUT2D eigenvalue weighted by molar-refractivity contribution is 7.09. The van der Waals surface area contributed by atoms with Crippen molar-refractivity contribution in [2.24, 2.45) is 5.73 Å². The highest BCUT2D eigenvalue weighted by atomic mass is 32.1. The Morgan fingerprint density at radius 3 is 2.56 bits per heavy atom. The van der Waals surface area contributed by atoms with Crippen LogP contribution in [0.3, 0.4) is 0 Å². The number of nitrogens with zero attached hydrogens (tertiary/aromatic N) is 2. The van der Waals surface area contributed by atoms with E-state index in [-0.39, 0.29) is 11.0 Å². The first-order valence-electron chi connectivity index (χ1n) is 6.35. The Morgan fingerprint density at radius 1 is 1.39 bits per heavy atom. The Balaban J connectivity index is 2.10. The first kappa shape index (κ1) is 13.7. The third-order valence-electron chi connectivity index (χ3n) is 3.31. The molecule has 0 radical (unpaired) electrons. The van der Waals surface area contributed by atoms with Gasteiger partial charge in [-0.1, -0.05) is 20.8 Å². The van der Waals surface area contributed by atoms with Crippen molar-refractivity contribution in [3.8, 4) is 0 Å². The lowest BCUT2D eigenvalue weighted by molar-refractivity contribution is 0.0628. The van der Waals surface area contributed by atoms with E-state index in [9.17, 15) is 0 Å². The van der Waals surface area contributed by atoms with Gasteiger partial charge in [0.15, 0.2) is 0 Å². The van der Waals surface area contributed by atoms with Gasteiger partial charge in [0.05, 0.1) is 5.54 Å². The van der Waals surface area contributed by atoms with E-state index in [2.05, 4.69) is 35.4 Å². The maximum Gasteiger partial charge on any atom is 0.203 e. The van der Waals surface area contributed by atoms with Gasteiger partial charge >= 0.3 is 0 Å². The highest BCUT2D eigenvalue weighted by Gasteiger charge is 2.32. The van der Waals surface area contributed by atoms with Gasteiger partial charge in [-0.15, -0.1) is 0 Å². The Labute approximate surface area is 112 Å². The quantitative estimate of drug-likeness (QED) is 0.875. The van der Waals surface area contributed by atoms with Gasteiger partial charge in [-0.25, -0.2) is 4.98 Å². The van der Waals surface area contributed by atoms with E-state index in [4.69, 9.17) is 10.5 Å². The van der Waals surface area contributed by atoms with Crippen LogP contribution >= 0.6 is 11.5 Å². The number of hydrogen-bond acceptors (Lipinski definition) is 6. The Morgan fingerprint density at radius 2 is 2.06 bits per heavy atom. The summed E-state index contributed by atoms with van der Waals surface area (Å²) in [6, 6.07) is 0. The highest BCUT2D eigenvalue weighted by Crippen LogP contribution is 2.28. The molecule has 0 unspecified atom stereocenters. The maximum atomic E-state index is 5.92. The Kier molecular flexibility index (Phi) is 3.89. The fourth-order valence-corrected chi connectivity index (χ4v) is 2.83. The Bertz CT molecular complexity index is 393. The molecule has 0 saturated carbocycles. The number of aromatic nitrogens is 2. The van der Waals surface area contributed by atoms with Crippen LogP contribution in [0.25, 0.3) is 0 Å². The molecule has 1 aliphatic rings. The van der Waals surface area contributed by atoms with Gasteiger partial charge < -0.3 is 15.8 Å². The van der Waals surface area contributed by atoms with Gasteiger partial charge in [-0.2, -0.15) is 4.37 Å². The number of rotatable bonds is 3. The largest absolute Gasteiger partial charge is 0.381 e. The summed E-state index contributed by atoms with van der Waals surface area (Å²) in [5, 5.41) is 4.34. The molecule has 0 bridgehead atoms. The van der Waals surface area contributed by atoms with Gasteiger partial charge in [0.2, 0.25) is 5.13 Å². The zero-order valence-electron chi connectivity index (χ0n) is 11.3. The van der Waals surface area contributed by atoms with E-state index in [0.717, 1.165) is 37.0 Å². The number of ether oxygens (including phenoxy) is 1. The third-order valence-corrected chi connectivity index (χ3v) is 3.94. The summed E-state index contributed by atoms with van der Waals surface area (Å²) in [6.07, 6.45) is 1.85. The lowest BCUT2D eigenvalue weighted by Gasteiger charge is -2.36. The summed E-state index contributed by atoms with van der Waals surface area (Å²) in [6.45, 7) is 8.47. The smallest absolute Gasteiger partial charge is 0.203 e. The molecule has 2 rings (SSSR count). The van der Waals surface area contributed by atoms with Gasteiger partial charge in [-0.05, 0) is 12.8 Å². The topological polar surface area (TPSA) is 73.1 Å². The lowest BCUT2D eigenvalue weighted by atomic mass is 9.90. The van der Waals surface area contributed by atoms with Crippen molar-refractivity contribution in [1.82, 2.24) is 9.36 Å². The molecule has 0 atom stereocenters. The Hall–Kier alpha value is -0.720. The predicted octanol–water partition coefficient (Wildman–Crippen LogP) is 1.76. The first-order valence-corrected chi connectivity index (χ1v) is 7.13. The fraction of sp³-hybridized carbons (Fsp3) is 0.833.